The number of nitrogens with zero attached hydrogens (tertiary/aromatic N) is 1. The lowest BCUT2D eigenvalue weighted by Crippen LogP contribution is -2.57. The molecular formula is C27H39N9O8. The molecule has 0 spiro atoms. The molecular weight excluding hydrogens is 578 g/mol. The molecule has 14 N–H and O–H groups in total. The first kappa shape index (κ1) is 35.0. The van der Waals surface area contributed by atoms with Crippen LogP contribution in [0.15, 0.2) is 35.5 Å². The molecule has 4 atom stereocenters. The SMILES string of the molecule is NC(=O)CCC(NC(=O)C(N)CCCN=C(N)N)C(=O)NC(CCC(=O)O)C(=O)NC(Cc1c[nH]c2ccccc12)C(=O)O. The van der Waals surface area contributed by atoms with Crippen LogP contribution in [0.1, 0.15) is 44.1 Å². The third kappa shape index (κ3) is 11.6. The van der Waals surface area contributed by atoms with E-state index in [9.17, 15) is 39.0 Å². The Hall–Kier alpha value is -5.19. The van der Waals surface area contributed by atoms with Crippen LogP contribution in [0.5, 0.6) is 0 Å². The average Bonchev–Trinajstić information content (AvgIpc) is 3.36. The summed E-state index contributed by atoms with van der Waals surface area (Å²) in [7, 11) is 0. The van der Waals surface area contributed by atoms with Gasteiger partial charge in [-0.25, -0.2) is 4.79 Å². The third-order valence-corrected chi connectivity index (χ3v) is 6.61. The number of fused-ring (bicyclic) bond motifs is 1. The normalized spacial score (nSPS) is 13.6. The minimum absolute atomic E-state index is 0.108. The Morgan fingerprint density at radius 3 is 2.00 bits per heavy atom. The molecule has 4 amide bonds. The second-order valence-electron chi connectivity index (χ2n) is 10.1. The molecule has 0 aliphatic heterocycles. The molecule has 240 valence electrons. The number of nitrogens with one attached hydrogen (secondary N) is 4. The van der Waals surface area contributed by atoms with Crippen molar-refractivity contribution in [2.24, 2.45) is 27.9 Å². The van der Waals surface area contributed by atoms with E-state index < -0.39 is 72.6 Å². The molecule has 1 aromatic heterocycles. The lowest BCUT2D eigenvalue weighted by atomic mass is 10.0. The maximum Gasteiger partial charge on any atom is 0.326 e. The zero-order valence-corrected chi connectivity index (χ0v) is 24.0. The smallest absolute Gasteiger partial charge is 0.326 e. The van der Waals surface area contributed by atoms with Gasteiger partial charge in [0.2, 0.25) is 23.6 Å². The molecule has 0 bridgehead atoms. The molecule has 0 radical (unpaired) electrons. The van der Waals surface area contributed by atoms with Gasteiger partial charge in [-0.2, -0.15) is 0 Å². The van der Waals surface area contributed by atoms with Crippen LogP contribution in [0.3, 0.4) is 0 Å². The Kier molecular flexibility index (Phi) is 13.6. The number of carboxylic acids is 2. The summed E-state index contributed by atoms with van der Waals surface area (Å²) in [5, 5.41) is 26.9. The molecule has 4 unspecified atom stereocenters. The van der Waals surface area contributed by atoms with Gasteiger partial charge in [-0.15, -0.1) is 0 Å². The summed E-state index contributed by atoms with van der Waals surface area (Å²) >= 11 is 0. The molecule has 2 aromatic rings. The summed E-state index contributed by atoms with van der Waals surface area (Å²) in [6.45, 7) is 0.215. The maximum atomic E-state index is 13.2. The number of carbonyl (C=O) groups excluding carboxylic acids is 4. The molecule has 2 rings (SSSR count). The monoisotopic (exact) mass is 617 g/mol. The van der Waals surface area contributed by atoms with Gasteiger partial charge in [-0.3, -0.25) is 29.0 Å². The number of aromatic amines is 1. The largest absolute Gasteiger partial charge is 0.481 e. The van der Waals surface area contributed by atoms with E-state index in [1.165, 1.54) is 0 Å². The highest BCUT2D eigenvalue weighted by Gasteiger charge is 2.31. The van der Waals surface area contributed by atoms with Crippen LogP contribution >= 0.6 is 0 Å². The Balaban J connectivity index is 2.17. The fraction of sp³-hybridized carbons (Fsp3) is 0.444. The maximum absolute atomic E-state index is 13.2. The molecule has 1 aromatic carbocycles. The van der Waals surface area contributed by atoms with Crippen LogP contribution in [0.25, 0.3) is 10.9 Å². The number of nitrogens with two attached hydrogens (primary N) is 4. The predicted molar refractivity (Wildman–Crippen MR) is 159 cm³/mol. The zero-order chi connectivity index (χ0) is 32.8. The zero-order valence-electron chi connectivity index (χ0n) is 24.0. The first-order valence-corrected chi connectivity index (χ1v) is 13.8. The van der Waals surface area contributed by atoms with Crippen LogP contribution in [0.4, 0.5) is 0 Å². The summed E-state index contributed by atoms with van der Waals surface area (Å²) in [4.78, 5) is 80.7. The van der Waals surface area contributed by atoms with Gasteiger partial charge in [0, 0.05) is 42.9 Å². The number of carbonyl (C=O) groups is 6. The molecule has 0 fully saturated rings. The average molecular weight is 618 g/mol. The van der Waals surface area contributed by atoms with Crippen molar-refractivity contribution < 1.29 is 39.0 Å². The van der Waals surface area contributed by atoms with Crippen molar-refractivity contribution in [2.45, 2.75) is 69.1 Å². The number of hydrogen-bond donors (Lipinski definition) is 10. The van der Waals surface area contributed by atoms with Gasteiger partial charge in [0.25, 0.3) is 0 Å². The van der Waals surface area contributed by atoms with E-state index in [4.69, 9.17) is 22.9 Å². The summed E-state index contributed by atoms with van der Waals surface area (Å²) < 4.78 is 0. The van der Waals surface area contributed by atoms with Gasteiger partial charge < -0.3 is 54.1 Å². The van der Waals surface area contributed by atoms with Crippen molar-refractivity contribution in [1.82, 2.24) is 20.9 Å². The topological polar surface area (TPSA) is 311 Å². The van der Waals surface area contributed by atoms with E-state index in [2.05, 4.69) is 25.9 Å². The highest BCUT2D eigenvalue weighted by atomic mass is 16.4. The van der Waals surface area contributed by atoms with Gasteiger partial charge in [0.1, 0.15) is 18.1 Å². The van der Waals surface area contributed by atoms with E-state index in [1.807, 2.05) is 0 Å². The molecule has 44 heavy (non-hydrogen) atoms. The standard InChI is InChI=1S/C27H39N9O8/c28-16(5-3-11-32-27(30)31)23(40)34-18(7-9-21(29)37)24(41)35-19(8-10-22(38)39)25(42)36-20(26(43)44)12-14-13-33-17-6-2-1-4-15(14)17/h1-2,4,6,13,16,18-20,33H,3,5,7-12,28H2,(H2,29,37)(H,34,40)(H,35,41)(H,36,42)(H,38,39)(H,43,44)(H4,30,31,32). The molecule has 0 saturated carbocycles. The van der Waals surface area contributed by atoms with E-state index in [0.29, 0.717) is 12.0 Å². The highest BCUT2D eigenvalue weighted by Crippen LogP contribution is 2.19. The number of primary amides is 1. The number of H-pyrrole nitrogens is 1. The van der Waals surface area contributed by atoms with Crippen molar-refractivity contribution in [3.63, 3.8) is 0 Å². The Labute approximate surface area is 252 Å². The third-order valence-electron chi connectivity index (χ3n) is 6.61. The minimum Gasteiger partial charge on any atom is -0.481 e. The second-order valence-corrected chi connectivity index (χ2v) is 10.1. The van der Waals surface area contributed by atoms with Gasteiger partial charge in [-0.05, 0) is 37.3 Å². The number of aromatic nitrogens is 1. The number of aliphatic carboxylic acids is 2. The van der Waals surface area contributed by atoms with E-state index in [0.717, 1.165) is 10.9 Å². The Morgan fingerprint density at radius 1 is 0.818 bits per heavy atom. The number of aliphatic imine (C=N–C) groups is 1. The molecule has 17 heteroatoms. The lowest BCUT2D eigenvalue weighted by molar-refractivity contribution is -0.143. The van der Waals surface area contributed by atoms with Crippen molar-refractivity contribution in [3.05, 3.63) is 36.0 Å². The van der Waals surface area contributed by atoms with Gasteiger partial charge >= 0.3 is 11.9 Å². The molecule has 17 nitrogen and oxygen atoms in total. The van der Waals surface area contributed by atoms with E-state index in [1.54, 1.807) is 30.5 Å². The lowest BCUT2D eigenvalue weighted by Gasteiger charge is -2.25. The van der Waals surface area contributed by atoms with Gasteiger partial charge in [-0.1, -0.05) is 18.2 Å². The van der Waals surface area contributed by atoms with Crippen LogP contribution in [0, 0.1) is 0 Å². The van der Waals surface area contributed by atoms with Crippen molar-refractivity contribution >= 4 is 52.4 Å². The van der Waals surface area contributed by atoms with Gasteiger partial charge in [0.05, 0.1) is 6.04 Å². The van der Waals surface area contributed by atoms with Crippen molar-refractivity contribution in [3.8, 4) is 0 Å². The summed E-state index contributed by atoms with van der Waals surface area (Å²) in [6, 6.07) is 1.81. The number of amides is 4. The molecule has 0 aliphatic carbocycles. The number of guanidine groups is 1. The molecule has 0 saturated heterocycles. The first-order valence-electron chi connectivity index (χ1n) is 13.8. The van der Waals surface area contributed by atoms with Crippen LogP contribution in [-0.2, 0) is 35.2 Å². The summed E-state index contributed by atoms with van der Waals surface area (Å²) in [5.41, 5.74) is 23.0. The number of hydrogen-bond acceptors (Lipinski definition) is 8. The fourth-order valence-electron chi connectivity index (χ4n) is 4.29. The van der Waals surface area contributed by atoms with E-state index >= 15 is 0 Å². The molecule has 1 heterocycles. The van der Waals surface area contributed by atoms with Crippen LogP contribution < -0.4 is 38.9 Å². The second kappa shape index (κ2) is 17.1. The van der Waals surface area contributed by atoms with Crippen LogP contribution in [0.2, 0.25) is 0 Å². The van der Waals surface area contributed by atoms with E-state index in [-0.39, 0.29) is 38.2 Å². The van der Waals surface area contributed by atoms with Crippen LogP contribution in [-0.4, -0.2) is 87.4 Å². The summed E-state index contributed by atoms with van der Waals surface area (Å²) in [6.07, 6.45) is 0.519. The fourth-order valence-corrected chi connectivity index (χ4v) is 4.29. The van der Waals surface area contributed by atoms with Gasteiger partial charge in [0.15, 0.2) is 5.96 Å². The Bertz CT molecular complexity index is 1370. The predicted octanol–water partition coefficient (Wildman–Crippen LogP) is -2.24. The molecule has 0 aliphatic rings. The first-order chi connectivity index (χ1) is 20.8. The highest BCUT2D eigenvalue weighted by molar-refractivity contribution is 5.95. The Morgan fingerprint density at radius 2 is 1.41 bits per heavy atom. The van der Waals surface area contributed by atoms with Crippen molar-refractivity contribution in [1.29, 1.82) is 0 Å². The summed E-state index contributed by atoms with van der Waals surface area (Å²) in [5.74, 6) is -6.14. The number of carboxylic acid groups (broad SMARTS) is 2. The number of rotatable bonds is 19. The number of benzene rings is 1. The minimum atomic E-state index is -1.50. The quantitative estimate of drug-likeness (QED) is 0.0456. The number of para-hydroxylation sites is 1. The van der Waals surface area contributed by atoms with Crippen molar-refractivity contribution in [2.75, 3.05) is 6.54 Å².